The van der Waals surface area contributed by atoms with E-state index in [0.29, 0.717) is 6.42 Å². The number of methoxy groups -OCH3 is 1. The maximum atomic E-state index is 11.2. The number of hydrogen-bond acceptors (Lipinski definition) is 5. The van der Waals surface area contributed by atoms with Gasteiger partial charge in [0.15, 0.2) is 9.84 Å². The lowest BCUT2D eigenvalue weighted by Gasteiger charge is -2.21. The van der Waals surface area contributed by atoms with Crippen molar-refractivity contribution in [3.05, 3.63) is 0 Å². The quantitative estimate of drug-likeness (QED) is 0.588. The Morgan fingerprint density at radius 2 is 2.21 bits per heavy atom. The summed E-state index contributed by atoms with van der Waals surface area (Å²) in [7, 11) is 0.183. The first kappa shape index (κ1) is 11.5. The Balaban J connectivity index is 2.47. The molecule has 1 atom stereocenters. The fourth-order valence-corrected chi connectivity index (χ4v) is 3.33. The van der Waals surface area contributed by atoms with Gasteiger partial charge in [-0.3, -0.25) is 9.69 Å². The van der Waals surface area contributed by atoms with Crippen LogP contribution in [0.4, 0.5) is 0 Å². The molecule has 0 aromatic heterocycles. The van der Waals surface area contributed by atoms with Gasteiger partial charge in [0.05, 0.1) is 25.2 Å². The summed E-state index contributed by atoms with van der Waals surface area (Å²) < 4.78 is 26.8. The van der Waals surface area contributed by atoms with Crippen LogP contribution in [0.15, 0.2) is 0 Å². The average molecular weight is 221 g/mol. The molecule has 1 heterocycles. The van der Waals surface area contributed by atoms with Crippen molar-refractivity contribution in [2.75, 3.05) is 32.2 Å². The van der Waals surface area contributed by atoms with Gasteiger partial charge < -0.3 is 4.74 Å². The molecule has 0 amide bonds. The molecule has 1 aliphatic heterocycles. The minimum Gasteiger partial charge on any atom is -0.468 e. The van der Waals surface area contributed by atoms with Gasteiger partial charge in [-0.2, -0.15) is 0 Å². The molecule has 1 rings (SSSR count). The highest BCUT2D eigenvalue weighted by molar-refractivity contribution is 7.91. The highest BCUT2D eigenvalue weighted by Crippen LogP contribution is 2.15. The standard InChI is InChI=1S/C8H15NO4S/c1-9(5-8(10)13-2)7-3-4-14(11,12)6-7/h7H,3-6H2,1-2H3/t7-/m0/s1. The van der Waals surface area contributed by atoms with Crippen molar-refractivity contribution >= 4 is 15.8 Å². The van der Waals surface area contributed by atoms with Crippen molar-refractivity contribution in [1.29, 1.82) is 0 Å². The molecule has 6 heteroatoms. The Labute approximate surface area is 83.9 Å². The van der Waals surface area contributed by atoms with Crippen LogP contribution in [0.5, 0.6) is 0 Å². The number of likely N-dealkylation sites (N-methyl/N-ethyl adjacent to an activating group) is 1. The van der Waals surface area contributed by atoms with E-state index in [2.05, 4.69) is 4.74 Å². The van der Waals surface area contributed by atoms with Crippen LogP contribution in [0.25, 0.3) is 0 Å². The topological polar surface area (TPSA) is 63.7 Å². The lowest BCUT2D eigenvalue weighted by Crippen LogP contribution is -2.37. The summed E-state index contributed by atoms with van der Waals surface area (Å²) in [5, 5.41) is 0. The number of ether oxygens (including phenoxy) is 1. The monoisotopic (exact) mass is 221 g/mol. The van der Waals surface area contributed by atoms with Crippen molar-refractivity contribution in [2.45, 2.75) is 12.5 Å². The van der Waals surface area contributed by atoms with Crippen LogP contribution in [0.1, 0.15) is 6.42 Å². The Bertz CT molecular complexity index is 311. The Morgan fingerprint density at radius 3 is 2.64 bits per heavy atom. The summed E-state index contributed by atoms with van der Waals surface area (Å²) in [4.78, 5) is 12.7. The molecule has 0 bridgehead atoms. The molecule has 0 N–H and O–H groups in total. The molecule has 0 unspecified atom stereocenters. The number of hydrogen-bond donors (Lipinski definition) is 0. The average Bonchev–Trinajstić information content (AvgIpc) is 2.46. The molecule has 0 radical (unpaired) electrons. The summed E-state index contributed by atoms with van der Waals surface area (Å²) in [6.45, 7) is 0.149. The second-order valence-electron chi connectivity index (χ2n) is 3.55. The Morgan fingerprint density at radius 1 is 1.57 bits per heavy atom. The summed E-state index contributed by atoms with van der Waals surface area (Å²) >= 11 is 0. The third-order valence-electron chi connectivity index (χ3n) is 2.44. The Hall–Kier alpha value is -0.620. The van der Waals surface area contributed by atoms with E-state index < -0.39 is 9.84 Å². The summed E-state index contributed by atoms with van der Waals surface area (Å²) in [6, 6.07) is -0.0425. The summed E-state index contributed by atoms with van der Waals surface area (Å²) in [6.07, 6.45) is 0.607. The predicted molar refractivity (Wildman–Crippen MR) is 51.7 cm³/mol. The summed E-state index contributed by atoms with van der Waals surface area (Å²) in [5.41, 5.74) is 0. The van der Waals surface area contributed by atoms with E-state index in [1.807, 2.05) is 0 Å². The molecular formula is C8H15NO4S. The van der Waals surface area contributed by atoms with Gasteiger partial charge in [-0.1, -0.05) is 0 Å². The van der Waals surface area contributed by atoms with Gasteiger partial charge in [0.1, 0.15) is 0 Å². The van der Waals surface area contributed by atoms with Crippen molar-refractivity contribution in [1.82, 2.24) is 4.90 Å². The molecule has 0 aromatic rings. The maximum Gasteiger partial charge on any atom is 0.319 e. The van der Waals surface area contributed by atoms with Crippen LogP contribution >= 0.6 is 0 Å². The van der Waals surface area contributed by atoms with Gasteiger partial charge >= 0.3 is 5.97 Å². The molecule has 0 saturated carbocycles. The first-order chi connectivity index (χ1) is 6.44. The van der Waals surface area contributed by atoms with Crippen LogP contribution in [0.3, 0.4) is 0 Å². The first-order valence-electron chi connectivity index (χ1n) is 4.42. The largest absolute Gasteiger partial charge is 0.468 e. The van der Waals surface area contributed by atoms with Crippen LogP contribution in [-0.2, 0) is 19.4 Å². The minimum absolute atomic E-state index is 0.0425. The van der Waals surface area contributed by atoms with Gasteiger partial charge in [-0.05, 0) is 13.5 Å². The molecule has 0 aliphatic carbocycles. The first-order valence-corrected chi connectivity index (χ1v) is 6.24. The zero-order valence-corrected chi connectivity index (χ0v) is 9.21. The molecule has 14 heavy (non-hydrogen) atoms. The van der Waals surface area contributed by atoms with Crippen molar-refractivity contribution in [3.63, 3.8) is 0 Å². The van der Waals surface area contributed by atoms with Crippen LogP contribution < -0.4 is 0 Å². The lowest BCUT2D eigenvalue weighted by molar-refractivity contribution is -0.142. The third-order valence-corrected chi connectivity index (χ3v) is 4.19. The van der Waals surface area contributed by atoms with Gasteiger partial charge in [-0.25, -0.2) is 8.42 Å². The number of nitrogens with zero attached hydrogens (tertiary/aromatic N) is 1. The lowest BCUT2D eigenvalue weighted by atomic mass is 10.2. The number of carbonyl (C=O) groups is 1. The highest BCUT2D eigenvalue weighted by Gasteiger charge is 2.31. The second kappa shape index (κ2) is 4.27. The van der Waals surface area contributed by atoms with E-state index >= 15 is 0 Å². The number of carbonyl (C=O) groups excluding carboxylic acids is 1. The molecule has 1 aliphatic rings. The predicted octanol–water partition coefficient (Wildman–Crippen LogP) is -0.722. The smallest absolute Gasteiger partial charge is 0.319 e. The molecular weight excluding hydrogens is 206 g/mol. The van der Waals surface area contributed by atoms with Gasteiger partial charge in [0.2, 0.25) is 0 Å². The third kappa shape index (κ3) is 2.95. The Kier molecular flexibility index (Phi) is 3.49. The number of esters is 1. The SMILES string of the molecule is COC(=O)CN(C)[C@H]1CCS(=O)(=O)C1. The van der Waals surface area contributed by atoms with Crippen molar-refractivity contribution in [2.24, 2.45) is 0 Å². The fourth-order valence-electron chi connectivity index (χ4n) is 1.52. The second-order valence-corrected chi connectivity index (χ2v) is 5.78. The van der Waals surface area contributed by atoms with E-state index in [4.69, 9.17) is 0 Å². The van der Waals surface area contributed by atoms with Crippen LogP contribution in [-0.4, -0.2) is 57.5 Å². The van der Waals surface area contributed by atoms with Gasteiger partial charge in [-0.15, -0.1) is 0 Å². The van der Waals surface area contributed by atoms with Crippen molar-refractivity contribution < 1.29 is 17.9 Å². The van der Waals surface area contributed by atoms with E-state index in [1.54, 1.807) is 11.9 Å². The van der Waals surface area contributed by atoms with Gasteiger partial charge in [0.25, 0.3) is 0 Å². The number of sulfone groups is 1. The molecule has 5 nitrogen and oxygen atoms in total. The van der Waals surface area contributed by atoms with Gasteiger partial charge in [0, 0.05) is 6.04 Å². The molecule has 1 fully saturated rings. The zero-order chi connectivity index (χ0) is 10.8. The van der Waals surface area contributed by atoms with E-state index in [9.17, 15) is 13.2 Å². The zero-order valence-electron chi connectivity index (χ0n) is 8.39. The van der Waals surface area contributed by atoms with Crippen molar-refractivity contribution in [3.8, 4) is 0 Å². The highest BCUT2D eigenvalue weighted by atomic mass is 32.2. The minimum atomic E-state index is -2.88. The van der Waals surface area contributed by atoms with E-state index in [1.165, 1.54) is 7.11 Å². The van der Waals surface area contributed by atoms with Crippen LogP contribution in [0, 0.1) is 0 Å². The molecule has 0 aromatic carbocycles. The molecule has 82 valence electrons. The summed E-state index contributed by atoms with van der Waals surface area (Å²) in [5.74, 6) is 0.0423. The number of rotatable bonds is 3. The maximum absolute atomic E-state index is 11.2. The van der Waals surface area contributed by atoms with Crippen LogP contribution in [0.2, 0.25) is 0 Å². The normalized spacial score (nSPS) is 25.2. The molecule has 0 spiro atoms. The fraction of sp³-hybridized carbons (Fsp3) is 0.875. The molecule has 1 saturated heterocycles. The van der Waals surface area contributed by atoms with E-state index in [0.717, 1.165) is 0 Å². The van der Waals surface area contributed by atoms with E-state index in [-0.39, 0.29) is 30.1 Å².